The lowest BCUT2D eigenvalue weighted by molar-refractivity contribution is -0.137. The number of likely N-dealkylation sites (tertiary alicyclic amines) is 1. The van der Waals surface area contributed by atoms with Crippen LogP contribution >= 0.6 is 0 Å². The minimum atomic E-state index is -4.69. The summed E-state index contributed by atoms with van der Waals surface area (Å²) in [5.74, 6) is 0.481. The van der Waals surface area contributed by atoms with E-state index in [2.05, 4.69) is 20.4 Å². The van der Waals surface area contributed by atoms with Gasteiger partial charge in [-0.2, -0.15) is 18.4 Å². The Bertz CT molecular complexity index is 1100. The maximum atomic E-state index is 14.3. The highest BCUT2D eigenvalue weighted by molar-refractivity contribution is 5.65. The van der Waals surface area contributed by atoms with Gasteiger partial charge < -0.3 is 15.0 Å². The third-order valence-electron chi connectivity index (χ3n) is 7.50. The van der Waals surface area contributed by atoms with Gasteiger partial charge in [-0.05, 0) is 67.7 Å². The van der Waals surface area contributed by atoms with Gasteiger partial charge in [-0.1, -0.05) is 0 Å². The van der Waals surface area contributed by atoms with Gasteiger partial charge in [0.05, 0.1) is 17.3 Å². The summed E-state index contributed by atoms with van der Waals surface area (Å²) in [7, 11) is 0. The van der Waals surface area contributed by atoms with Crippen molar-refractivity contribution in [3.05, 3.63) is 41.2 Å². The molecular formula is C25H27F4N5O. The number of alkyl halides is 3. The number of nitriles is 1. The molecule has 0 spiro atoms. The quantitative estimate of drug-likeness (QED) is 0.613. The summed E-state index contributed by atoms with van der Waals surface area (Å²) in [6, 6.07) is 6.02. The van der Waals surface area contributed by atoms with E-state index in [4.69, 9.17) is 10.00 Å². The molecule has 3 atom stereocenters. The minimum Gasteiger partial charge on any atom is -0.381 e. The van der Waals surface area contributed by atoms with Gasteiger partial charge in [-0.15, -0.1) is 10.2 Å². The van der Waals surface area contributed by atoms with E-state index in [0.717, 1.165) is 70.7 Å². The number of halogens is 4. The molecule has 2 aromatic rings. The molecule has 2 saturated heterocycles. The number of rotatable bonds is 5. The maximum Gasteiger partial charge on any atom is 0.420 e. The Morgan fingerprint density at radius 3 is 2.46 bits per heavy atom. The van der Waals surface area contributed by atoms with Crippen LogP contribution in [0.5, 0.6) is 0 Å². The molecule has 6 nitrogen and oxygen atoms in total. The van der Waals surface area contributed by atoms with Crippen LogP contribution in [0.15, 0.2) is 24.3 Å². The van der Waals surface area contributed by atoms with Gasteiger partial charge in [0.2, 0.25) is 0 Å². The molecule has 1 aromatic carbocycles. The van der Waals surface area contributed by atoms with Crippen molar-refractivity contribution in [2.45, 2.75) is 37.9 Å². The number of nitrogens with zero attached hydrogens (tertiary/aromatic N) is 4. The van der Waals surface area contributed by atoms with Crippen molar-refractivity contribution in [2.75, 3.05) is 38.2 Å². The minimum absolute atomic E-state index is 0.116. The molecule has 0 bridgehead atoms. The Balaban J connectivity index is 1.28. The average molecular weight is 490 g/mol. The van der Waals surface area contributed by atoms with E-state index in [1.165, 1.54) is 12.1 Å². The van der Waals surface area contributed by atoms with Crippen molar-refractivity contribution < 1.29 is 22.3 Å². The van der Waals surface area contributed by atoms with Crippen LogP contribution in [0.1, 0.15) is 36.8 Å². The van der Waals surface area contributed by atoms with Gasteiger partial charge in [0.1, 0.15) is 11.4 Å². The molecule has 0 unspecified atom stereocenters. The van der Waals surface area contributed by atoms with Crippen LogP contribution in [0.4, 0.5) is 23.4 Å². The first-order chi connectivity index (χ1) is 16.8. The van der Waals surface area contributed by atoms with Gasteiger partial charge in [-0.3, -0.25) is 0 Å². The number of nitrogens with one attached hydrogen (secondary N) is 1. The SMILES string of the molecule is N#Cc1ccc(F)c(-c2cc(C(F)(F)F)c(N[C@H]3C[C@@H]4CN(CC5CCOCC5)C[C@@H]4C3)nn2)c1. The molecule has 3 heterocycles. The van der Waals surface area contributed by atoms with Crippen molar-refractivity contribution in [1.29, 1.82) is 5.26 Å². The Labute approximate surface area is 201 Å². The summed E-state index contributed by atoms with van der Waals surface area (Å²) < 4.78 is 61.4. The van der Waals surface area contributed by atoms with Crippen LogP contribution < -0.4 is 5.32 Å². The fourth-order valence-corrected chi connectivity index (χ4v) is 5.79. The van der Waals surface area contributed by atoms with Gasteiger partial charge in [0.15, 0.2) is 5.82 Å². The first kappa shape index (κ1) is 23.9. The second kappa shape index (κ2) is 9.70. The van der Waals surface area contributed by atoms with E-state index in [0.29, 0.717) is 17.8 Å². The fourth-order valence-electron chi connectivity index (χ4n) is 5.79. The lowest BCUT2D eigenvalue weighted by Crippen LogP contribution is -2.32. The van der Waals surface area contributed by atoms with Gasteiger partial charge in [0, 0.05) is 44.5 Å². The van der Waals surface area contributed by atoms with Crippen LogP contribution in [0.25, 0.3) is 11.3 Å². The van der Waals surface area contributed by atoms with Gasteiger partial charge >= 0.3 is 6.18 Å². The zero-order valence-electron chi connectivity index (χ0n) is 19.2. The summed E-state index contributed by atoms with van der Waals surface area (Å²) >= 11 is 0. The first-order valence-corrected chi connectivity index (χ1v) is 12.0. The predicted molar refractivity (Wildman–Crippen MR) is 121 cm³/mol. The third kappa shape index (κ3) is 5.26. The molecule has 0 amide bonds. The maximum absolute atomic E-state index is 14.3. The smallest absolute Gasteiger partial charge is 0.381 e. The van der Waals surface area contributed by atoms with Crippen molar-refractivity contribution in [3.8, 4) is 17.3 Å². The molecule has 3 fully saturated rings. The van der Waals surface area contributed by atoms with Crippen LogP contribution in [0.3, 0.4) is 0 Å². The molecule has 1 aromatic heterocycles. The summed E-state index contributed by atoms with van der Waals surface area (Å²) in [5, 5.41) is 19.7. The van der Waals surface area contributed by atoms with Gasteiger partial charge in [-0.25, -0.2) is 4.39 Å². The van der Waals surface area contributed by atoms with Crippen LogP contribution in [0, 0.1) is 34.9 Å². The number of fused-ring (bicyclic) bond motifs is 1. The Kier molecular flexibility index (Phi) is 6.64. The topological polar surface area (TPSA) is 74.1 Å². The average Bonchev–Trinajstić information content (AvgIpc) is 3.37. The molecule has 1 aliphatic carbocycles. The summed E-state index contributed by atoms with van der Waals surface area (Å²) in [6.45, 7) is 4.68. The van der Waals surface area contributed by atoms with Crippen LogP contribution in [-0.2, 0) is 10.9 Å². The molecule has 2 aliphatic heterocycles. The Hall–Kier alpha value is -2.77. The molecule has 3 aliphatic rings. The molecule has 1 saturated carbocycles. The monoisotopic (exact) mass is 489 g/mol. The number of benzene rings is 1. The first-order valence-electron chi connectivity index (χ1n) is 12.0. The molecule has 186 valence electrons. The zero-order chi connectivity index (χ0) is 24.6. The molecule has 1 N–H and O–H groups in total. The number of hydrogen-bond acceptors (Lipinski definition) is 6. The fraction of sp³-hybridized carbons (Fsp3) is 0.560. The third-order valence-corrected chi connectivity index (χ3v) is 7.50. The lowest BCUT2D eigenvalue weighted by atomic mass is 10.00. The van der Waals surface area contributed by atoms with E-state index >= 15 is 0 Å². The number of aromatic nitrogens is 2. The van der Waals surface area contributed by atoms with Gasteiger partial charge in [0.25, 0.3) is 0 Å². The summed E-state index contributed by atoms with van der Waals surface area (Å²) in [4.78, 5) is 2.50. The van der Waals surface area contributed by atoms with Crippen LogP contribution in [0.2, 0.25) is 0 Å². The number of hydrogen-bond donors (Lipinski definition) is 1. The molecule has 10 heteroatoms. The Morgan fingerprint density at radius 2 is 1.80 bits per heavy atom. The molecule has 0 radical (unpaired) electrons. The standard InChI is InChI=1S/C25H27F4N5O/c26-22-2-1-16(11-30)7-20(22)23-10-21(25(27,28)29)24(33-32-23)31-19-8-17-13-34(14-18(17)9-19)12-15-3-5-35-6-4-15/h1-2,7,10,15,17-19H,3-6,8-9,12-14H2,(H,31,33)/t17-,18+,19+. The van der Waals surface area contributed by atoms with Crippen molar-refractivity contribution in [2.24, 2.45) is 17.8 Å². The molecule has 5 rings (SSSR count). The van der Waals surface area contributed by atoms with E-state index in [1.807, 2.05) is 6.07 Å². The highest BCUT2D eigenvalue weighted by atomic mass is 19.4. The van der Waals surface area contributed by atoms with Crippen molar-refractivity contribution in [3.63, 3.8) is 0 Å². The zero-order valence-corrected chi connectivity index (χ0v) is 19.2. The second-order valence-electron chi connectivity index (χ2n) is 9.90. The largest absolute Gasteiger partial charge is 0.420 e. The molecule has 35 heavy (non-hydrogen) atoms. The number of ether oxygens (including phenoxy) is 1. The second-order valence-corrected chi connectivity index (χ2v) is 9.90. The molecular weight excluding hydrogens is 462 g/mol. The number of anilines is 1. The van der Waals surface area contributed by atoms with E-state index in [1.54, 1.807) is 0 Å². The summed E-state index contributed by atoms with van der Waals surface area (Å²) in [5.41, 5.74) is -1.30. The van der Waals surface area contributed by atoms with E-state index in [-0.39, 0.29) is 28.7 Å². The van der Waals surface area contributed by atoms with E-state index in [9.17, 15) is 17.6 Å². The Morgan fingerprint density at radius 1 is 1.09 bits per heavy atom. The van der Waals surface area contributed by atoms with Crippen molar-refractivity contribution in [1.82, 2.24) is 15.1 Å². The highest BCUT2D eigenvalue weighted by Gasteiger charge is 2.43. The van der Waals surface area contributed by atoms with E-state index < -0.39 is 17.6 Å². The highest BCUT2D eigenvalue weighted by Crippen LogP contribution is 2.42. The van der Waals surface area contributed by atoms with Crippen molar-refractivity contribution >= 4 is 5.82 Å². The lowest BCUT2D eigenvalue weighted by Gasteiger charge is -2.28. The van der Waals surface area contributed by atoms with Crippen LogP contribution in [-0.4, -0.2) is 54.0 Å². The predicted octanol–water partition coefficient (Wildman–Crippen LogP) is 4.72. The normalized spacial score (nSPS) is 25.4. The summed E-state index contributed by atoms with van der Waals surface area (Å²) in [6.07, 6.45) is -0.931.